The van der Waals surface area contributed by atoms with Crippen molar-refractivity contribution in [3.05, 3.63) is 66.5 Å². The highest BCUT2D eigenvalue weighted by atomic mass is 16.5. The Morgan fingerprint density at radius 3 is 2.67 bits per heavy atom. The van der Waals surface area contributed by atoms with Gasteiger partial charge in [-0.1, -0.05) is 30.3 Å². The van der Waals surface area contributed by atoms with E-state index < -0.39 is 0 Å². The van der Waals surface area contributed by atoms with E-state index in [1.165, 1.54) is 5.56 Å². The van der Waals surface area contributed by atoms with Gasteiger partial charge in [0, 0.05) is 12.1 Å². The normalized spacial score (nSPS) is 10.7. The van der Waals surface area contributed by atoms with E-state index in [9.17, 15) is 0 Å². The third-order valence-electron chi connectivity index (χ3n) is 3.06. The van der Waals surface area contributed by atoms with E-state index in [1.54, 1.807) is 7.11 Å². The van der Waals surface area contributed by atoms with Crippen LogP contribution in [-0.4, -0.2) is 11.5 Å². The molecular formula is C15H15N2O+. The third kappa shape index (κ3) is 1.84. The van der Waals surface area contributed by atoms with Crippen LogP contribution in [0.5, 0.6) is 5.88 Å². The monoisotopic (exact) mass is 239 g/mol. The van der Waals surface area contributed by atoms with Gasteiger partial charge >= 0.3 is 0 Å². The highest BCUT2D eigenvalue weighted by molar-refractivity contribution is 5.37. The molecule has 0 aliphatic rings. The topological polar surface area (TPSA) is 17.5 Å². The van der Waals surface area contributed by atoms with Crippen molar-refractivity contribution in [3.8, 4) is 5.88 Å². The first-order chi connectivity index (χ1) is 8.88. The van der Waals surface area contributed by atoms with Gasteiger partial charge < -0.3 is 4.74 Å². The SMILES string of the molecule is COc1cccc2n1cc[n+]2Cc1ccccc1. The molecule has 0 unspecified atom stereocenters. The average molecular weight is 239 g/mol. The lowest BCUT2D eigenvalue weighted by atomic mass is 10.2. The van der Waals surface area contributed by atoms with Crippen LogP contribution in [0.3, 0.4) is 0 Å². The summed E-state index contributed by atoms with van der Waals surface area (Å²) in [5, 5.41) is 0. The van der Waals surface area contributed by atoms with Crippen molar-refractivity contribution < 1.29 is 9.30 Å². The standard InChI is InChI=1S/C15H15N2O/c1-18-15-9-5-8-14-16(10-11-17(14)15)12-13-6-3-2-4-7-13/h2-11H,12H2,1H3/q+1. The van der Waals surface area contributed by atoms with Gasteiger partial charge in [0.05, 0.1) is 7.11 Å². The van der Waals surface area contributed by atoms with Gasteiger partial charge in [0.1, 0.15) is 18.9 Å². The van der Waals surface area contributed by atoms with Crippen LogP contribution in [0.25, 0.3) is 5.65 Å². The predicted molar refractivity (Wildman–Crippen MR) is 69.7 cm³/mol. The molecule has 18 heavy (non-hydrogen) atoms. The smallest absolute Gasteiger partial charge is 0.289 e. The Bertz CT molecular complexity index is 659. The molecule has 0 fully saturated rings. The van der Waals surface area contributed by atoms with Gasteiger partial charge in [0.2, 0.25) is 0 Å². The molecule has 0 saturated heterocycles. The summed E-state index contributed by atoms with van der Waals surface area (Å²) in [5.74, 6) is 0.847. The zero-order chi connectivity index (χ0) is 12.4. The van der Waals surface area contributed by atoms with Crippen LogP contribution in [0.1, 0.15) is 5.56 Å². The molecule has 3 heteroatoms. The van der Waals surface area contributed by atoms with Crippen molar-refractivity contribution >= 4 is 5.65 Å². The van der Waals surface area contributed by atoms with Gasteiger partial charge in [0.15, 0.2) is 0 Å². The number of aromatic nitrogens is 2. The first-order valence-corrected chi connectivity index (χ1v) is 5.96. The fourth-order valence-electron chi connectivity index (χ4n) is 2.18. The zero-order valence-electron chi connectivity index (χ0n) is 10.3. The van der Waals surface area contributed by atoms with Crippen LogP contribution < -0.4 is 9.30 Å². The van der Waals surface area contributed by atoms with E-state index in [4.69, 9.17) is 4.74 Å². The molecular weight excluding hydrogens is 224 g/mol. The minimum atomic E-state index is 0.847. The minimum Gasteiger partial charge on any atom is -0.465 e. The van der Waals surface area contributed by atoms with Crippen LogP contribution in [-0.2, 0) is 6.54 Å². The van der Waals surface area contributed by atoms with E-state index in [0.29, 0.717) is 0 Å². The van der Waals surface area contributed by atoms with E-state index in [1.807, 2.05) is 28.8 Å². The maximum atomic E-state index is 5.34. The highest BCUT2D eigenvalue weighted by Crippen LogP contribution is 2.12. The summed E-state index contributed by atoms with van der Waals surface area (Å²) in [7, 11) is 1.69. The molecule has 3 rings (SSSR count). The molecule has 0 saturated carbocycles. The number of hydrogen-bond donors (Lipinski definition) is 0. The highest BCUT2D eigenvalue weighted by Gasteiger charge is 2.13. The Labute approximate surface area is 106 Å². The number of benzene rings is 1. The summed E-state index contributed by atoms with van der Waals surface area (Å²) in [5.41, 5.74) is 2.41. The lowest BCUT2D eigenvalue weighted by Crippen LogP contribution is -2.32. The second-order valence-electron chi connectivity index (χ2n) is 4.21. The molecule has 0 atom stereocenters. The van der Waals surface area contributed by atoms with Crippen molar-refractivity contribution in [2.45, 2.75) is 6.54 Å². The largest absolute Gasteiger partial charge is 0.465 e. The fraction of sp³-hybridized carbons (Fsp3) is 0.133. The Morgan fingerprint density at radius 2 is 1.89 bits per heavy atom. The van der Waals surface area contributed by atoms with Gasteiger partial charge in [-0.2, -0.15) is 4.40 Å². The molecule has 3 aromatic rings. The van der Waals surface area contributed by atoms with Crippen LogP contribution in [0.15, 0.2) is 60.9 Å². The van der Waals surface area contributed by atoms with Crippen molar-refractivity contribution in [2.75, 3.05) is 7.11 Å². The second kappa shape index (κ2) is 4.53. The van der Waals surface area contributed by atoms with Crippen LogP contribution in [0.4, 0.5) is 0 Å². The minimum absolute atomic E-state index is 0.847. The second-order valence-corrected chi connectivity index (χ2v) is 4.21. The van der Waals surface area contributed by atoms with E-state index in [2.05, 4.69) is 41.1 Å². The molecule has 0 radical (unpaired) electrons. The number of nitrogens with zero attached hydrogens (tertiary/aromatic N) is 2. The van der Waals surface area contributed by atoms with E-state index >= 15 is 0 Å². The molecule has 0 N–H and O–H groups in total. The lowest BCUT2D eigenvalue weighted by molar-refractivity contribution is -0.661. The summed E-state index contributed by atoms with van der Waals surface area (Å²) >= 11 is 0. The summed E-state index contributed by atoms with van der Waals surface area (Å²) in [4.78, 5) is 0. The van der Waals surface area contributed by atoms with Crippen molar-refractivity contribution in [1.82, 2.24) is 4.40 Å². The van der Waals surface area contributed by atoms with Crippen LogP contribution in [0.2, 0.25) is 0 Å². The third-order valence-corrected chi connectivity index (χ3v) is 3.06. The maximum Gasteiger partial charge on any atom is 0.289 e. The number of imidazole rings is 1. The number of rotatable bonds is 3. The molecule has 2 aromatic heterocycles. The quantitative estimate of drug-likeness (QED) is 0.641. The van der Waals surface area contributed by atoms with Gasteiger partial charge in [-0.25, -0.2) is 4.57 Å². The first kappa shape index (κ1) is 10.8. The Kier molecular flexibility index (Phi) is 2.73. The van der Waals surface area contributed by atoms with E-state index in [0.717, 1.165) is 18.1 Å². The number of pyridine rings is 1. The van der Waals surface area contributed by atoms with Crippen molar-refractivity contribution in [1.29, 1.82) is 0 Å². The Balaban J connectivity index is 2.03. The van der Waals surface area contributed by atoms with E-state index in [-0.39, 0.29) is 0 Å². The maximum absolute atomic E-state index is 5.34. The van der Waals surface area contributed by atoms with Gasteiger partial charge in [-0.05, 0) is 11.6 Å². The number of methoxy groups -OCH3 is 1. The molecule has 90 valence electrons. The van der Waals surface area contributed by atoms with Gasteiger partial charge in [-0.3, -0.25) is 0 Å². The molecule has 0 spiro atoms. The number of hydrogen-bond acceptors (Lipinski definition) is 1. The van der Waals surface area contributed by atoms with Gasteiger partial charge in [-0.15, -0.1) is 0 Å². The predicted octanol–water partition coefficient (Wildman–Crippen LogP) is 2.28. The lowest BCUT2D eigenvalue weighted by Gasteiger charge is -2.00. The summed E-state index contributed by atoms with van der Waals surface area (Å²) < 4.78 is 9.59. The fourth-order valence-corrected chi connectivity index (χ4v) is 2.18. The van der Waals surface area contributed by atoms with Crippen molar-refractivity contribution in [3.63, 3.8) is 0 Å². The zero-order valence-corrected chi connectivity index (χ0v) is 10.3. The molecule has 0 bridgehead atoms. The van der Waals surface area contributed by atoms with Gasteiger partial charge in [0.25, 0.3) is 11.5 Å². The number of fused-ring (bicyclic) bond motifs is 1. The molecule has 0 aliphatic carbocycles. The Hall–Kier alpha value is -2.29. The average Bonchev–Trinajstić information content (AvgIpc) is 2.83. The summed E-state index contributed by atoms with van der Waals surface area (Å²) in [6.07, 6.45) is 4.10. The molecule has 0 aliphatic heterocycles. The molecule has 3 nitrogen and oxygen atoms in total. The Morgan fingerprint density at radius 1 is 1.06 bits per heavy atom. The van der Waals surface area contributed by atoms with Crippen molar-refractivity contribution in [2.24, 2.45) is 0 Å². The first-order valence-electron chi connectivity index (χ1n) is 5.96. The molecule has 0 amide bonds. The molecule has 2 heterocycles. The van der Waals surface area contributed by atoms with Crippen LogP contribution in [0, 0.1) is 0 Å². The molecule has 1 aromatic carbocycles. The summed E-state index contributed by atoms with van der Waals surface area (Å²) in [6.45, 7) is 0.866. The summed E-state index contributed by atoms with van der Waals surface area (Å²) in [6, 6.07) is 16.5. The van der Waals surface area contributed by atoms with Crippen LogP contribution >= 0.6 is 0 Å². The number of ether oxygens (including phenoxy) is 1.